The Morgan fingerprint density at radius 2 is 0.540 bits per heavy atom. The van der Waals surface area contributed by atoms with Crippen LogP contribution in [0.15, 0.2) is 188 Å². The van der Waals surface area contributed by atoms with Crippen molar-refractivity contribution in [1.82, 2.24) is 0 Å². The van der Waals surface area contributed by atoms with E-state index in [2.05, 4.69) is 186 Å². The summed E-state index contributed by atoms with van der Waals surface area (Å²) in [7, 11) is 0. The number of hydrogen-bond donors (Lipinski definition) is 0. The van der Waals surface area contributed by atoms with Crippen molar-refractivity contribution in [3.05, 3.63) is 216 Å². The molecule has 0 atom stereocenters. The fraction of sp³-hybridized carbons (Fsp3) is 0. The van der Waals surface area contributed by atoms with Gasteiger partial charge in [0.15, 0.2) is 0 Å². The van der Waals surface area contributed by atoms with E-state index in [4.69, 9.17) is 0 Å². The minimum atomic E-state index is 0.639. The van der Waals surface area contributed by atoms with Gasteiger partial charge in [0, 0.05) is 39.7 Å². The highest BCUT2D eigenvalue weighted by molar-refractivity contribution is 5.83. The van der Waals surface area contributed by atoms with Gasteiger partial charge in [0.1, 0.15) is 6.29 Å². The lowest BCUT2D eigenvalue weighted by atomic mass is 10.0. The van der Waals surface area contributed by atoms with E-state index in [9.17, 15) is 4.79 Å². The number of nitrogens with zero attached hydrogens (tertiary/aromatic N) is 2. The van der Waals surface area contributed by atoms with Crippen LogP contribution in [0.3, 0.4) is 0 Å². The van der Waals surface area contributed by atoms with Gasteiger partial charge in [-0.2, -0.15) is 0 Å². The number of aldehydes is 1. The lowest BCUT2D eigenvalue weighted by Gasteiger charge is -2.25. The number of hydrogen-bond acceptors (Lipinski definition) is 3. The third-order valence-electron chi connectivity index (χ3n) is 8.43. The molecule has 0 spiro atoms. The largest absolute Gasteiger partial charge is 0.311 e. The highest BCUT2D eigenvalue weighted by atomic mass is 16.1. The lowest BCUT2D eigenvalue weighted by molar-refractivity contribution is 0.112. The molecule has 0 aliphatic carbocycles. The summed E-state index contributed by atoms with van der Waals surface area (Å²) < 4.78 is 0. The molecule has 0 unspecified atom stereocenters. The Hall–Kier alpha value is -6.71. The van der Waals surface area contributed by atoms with E-state index in [-0.39, 0.29) is 0 Å². The van der Waals surface area contributed by atoms with Gasteiger partial charge in [0.05, 0.1) is 0 Å². The third kappa shape index (κ3) is 7.70. The molecule has 3 nitrogen and oxygen atoms in total. The summed E-state index contributed by atoms with van der Waals surface area (Å²) in [5.41, 5.74) is 11.3. The lowest BCUT2D eigenvalue weighted by Crippen LogP contribution is -2.09. The van der Waals surface area contributed by atoms with Gasteiger partial charge in [-0.3, -0.25) is 4.79 Å². The summed E-state index contributed by atoms with van der Waals surface area (Å²) in [4.78, 5) is 16.4. The van der Waals surface area contributed by atoms with Crippen LogP contribution in [0.4, 0.5) is 34.1 Å². The van der Waals surface area contributed by atoms with Crippen molar-refractivity contribution in [3.63, 3.8) is 0 Å². The van der Waals surface area contributed by atoms with Crippen LogP contribution in [0.5, 0.6) is 0 Å². The Labute approximate surface area is 294 Å². The van der Waals surface area contributed by atoms with Crippen molar-refractivity contribution >= 4 is 64.7 Å². The topological polar surface area (TPSA) is 23.6 Å². The number of carbonyl (C=O) groups is 1. The van der Waals surface area contributed by atoms with Crippen molar-refractivity contribution < 1.29 is 4.79 Å². The molecule has 0 amide bonds. The summed E-state index contributed by atoms with van der Waals surface area (Å²) in [6.45, 7) is 0. The van der Waals surface area contributed by atoms with Gasteiger partial charge in [-0.25, -0.2) is 0 Å². The van der Waals surface area contributed by atoms with Crippen LogP contribution in [0.2, 0.25) is 0 Å². The maximum atomic E-state index is 11.9. The maximum Gasteiger partial charge on any atom is 0.150 e. The molecule has 50 heavy (non-hydrogen) atoms. The van der Waals surface area contributed by atoms with Crippen molar-refractivity contribution in [1.29, 1.82) is 0 Å². The first-order valence-corrected chi connectivity index (χ1v) is 16.7. The van der Waals surface area contributed by atoms with Crippen LogP contribution in [0.1, 0.15) is 32.6 Å². The number of rotatable bonds is 11. The third-order valence-corrected chi connectivity index (χ3v) is 8.43. The monoisotopic (exact) mass is 644 g/mol. The number of carbonyl (C=O) groups excluding carboxylic acids is 1. The zero-order valence-corrected chi connectivity index (χ0v) is 27.6. The van der Waals surface area contributed by atoms with Gasteiger partial charge >= 0.3 is 0 Å². The molecule has 0 aromatic heterocycles. The van der Waals surface area contributed by atoms with E-state index in [1.807, 2.05) is 36.4 Å². The van der Waals surface area contributed by atoms with Gasteiger partial charge in [-0.1, -0.05) is 121 Å². The molecule has 7 rings (SSSR count). The normalized spacial score (nSPS) is 11.1. The Balaban J connectivity index is 1.09. The maximum absolute atomic E-state index is 11.9. The predicted molar refractivity (Wildman–Crippen MR) is 212 cm³/mol. The highest BCUT2D eigenvalue weighted by Gasteiger charge is 2.12. The average molecular weight is 645 g/mol. The molecule has 0 saturated heterocycles. The van der Waals surface area contributed by atoms with E-state index in [0.29, 0.717) is 5.56 Å². The van der Waals surface area contributed by atoms with Crippen molar-refractivity contribution in [2.75, 3.05) is 9.80 Å². The van der Waals surface area contributed by atoms with Crippen LogP contribution in [-0.4, -0.2) is 6.29 Å². The molecule has 240 valence electrons. The van der Waals surface area contributed by atoms with Crippen LogP contribution >= 0.6 is 0 Å². The predicted octanol–water partition coefficient (Wildman–Crippen LogP) is 12.8. The summed E-state index contributed by atoms with van der Waals surface area (Å²) in [5.74, 6) is 0. The van der Waals surface area contributed by atoms with Gasteiger partial charge in [-0.15, -0.1) is 0 Å². The Bertz CT molecular complexity index is 1960. The molecule has 0 aliphatic rings. The first-order valence-electron chi connectivity index (χ1n) is 16.7. The smallest absolute Gasteiger partial charge is 0.150 e. The number of anilines is 6. The zero-order chi connectivity index (χ0) is 34.0. The highest BCUT2D eigenvalue weighted by Crippen LogP contribution is 2.35. The van der Waals surface area contributed by atoms with Crippen LogP contribution in [0.25, 0.3) is 24.3 Å². The number of benzene rings is 7. The zero-order valence-electron chi connectivity index (χ0n) is 27.6. The van der Waals surface area contributed by atoms with Gasteiger partial charge in [0.2, 0.25) is 0 Å². The second-order valence-corrected chi connectivity index (χ2v) is 11.9. The summed E-state index contributed by atoms with van der Waals surface area (Å²) in [6.07, 6.45) is 9.19. The van der Waals surface area contributed by atoms with E-state index in [1.54, 1.807) is 0 Å². The molecule has 0 saturated carbocycles. The quantitative estimate of drug-likeness (QED) is 0.103. The van der Waals surface area contributed by atoms with Gasteiger partial charge in [0.25, 0.3) is 0 Å². The summed E-state index contributed by atoms with van der Waals surface area (Å²) >= 11 is 0. The molecular weight excluding hydrogens is 609 g/mol. The molecule has 0 bridgehead atoms. The molecule has 0 radical (unpaired) electrons. The SMILES string of the molecule is O=Cc1cc(C=Cc2ccc(N(c3ccccc3)c3ccccc3)cc2)cc(C=Cc2ccc(N(c3ccccc3)c3ccccc3)cc2)c1. The van der Waals surface area contributed by atoms with Crippen LogP contribution < -0.4 is 9.80 Å². The second kappa shape index (κ2) is 15.5. The molecule has 7 aromatic rings. The van der Waals surface area contributed by atoms with E-state index < -0.39 is 0 Å². The van der Waals surface area contributed by atoms with Crippen molar-refractivity contribution in [3.8, 4) is 0 Å². The Kier molecular flexibility index (Phi) is 9.85. The van der Waals surface area contributed by atoms with Gasteiger partial charge in [-0.05, 0) is 113 Å². The van der Waals surface area contributed by atoms with Crippen molar-refractivity contribution in [2.24, 2.45) is 0 Å². The molecule has 0 N–H and O–H groups in total. The van der Waals surface area contributed by atoms with Crippen LogP contribution in [0, 0.1) is 0 Å². The molecule has 7 aromatic carbocycles. The minimum absolute atomic E-state index is 0.639. The standard InChI is InChI=1S/C47H36N2O/c50-36-41-34-39(23-21-37-25-29-46(30-26-37)48(42-13-5-1-6-14-42)43-15-7-2-8-16-43)33-40(35-41)24-22-38-27-31-47(32-28-38)49(44-17-9-3-10-18-44)45-19-11-4-12-20-45/h1-36H. The van der Waals surface area contributed by atoms with E-state index in [1.165, 1.54) is 0 Å². The average Bonchev–Trinajstić information content (AvgIpc) is 3.19. The summed E-state index contributed by atoms with van der Waals surface area (Å²) in [5, 5.41) is 0. The first kappa shape index (κ1) is 31.9. The fourth-order valence-electron chi connectivity index (χ4n) is 6.02. The van der Waals surface area contributed by atoms with E-state index >= 15 is 0 Å². The molecule has 3 heteroatoms. The van der Waals surface area contributed by atoms with Gasteiger partial charge < -0.3 is 9.80 Å². The minimum Gasteiger partial charge on any atom is -0.311 e. The fourth-order valence-corrected chi connectivity index (χ4v) is 6.02. The Morgan fingerprint density at radius 1 is 0.280 bits per heavy atom. The Morgan fingerprint density at radius 3 is 0.840 bits per heavy atom. The molecule has 0 fully saturated rings. The molecule has 0 aliphatic heterocycles. The van der Waals surface area contributed by atoms with Crippen molar-refractivity contribution in [2.45, 2.75) is 0 Å². The molecule has 0 heterocycles. The number of para-hydroxylation sites is 4. The van der Waals surface area contributed by atoms with Crippen LogP contribution in [-0.2, 0) is 0 Å². The summed E-state index contributed by atoms with van der Waals surface area (Å²) in [6, 6.07) is 64.5. The molecular formula is C47H36N2O. The second-order valence-electron chi connectivity index (χ2n) is 11.9. The first-order chi connectivity index (χ1) is 24.7. The van der Waals surface area contributed by atoms with E-state index in [0.717, 1.165) is 62.7 Å².